The Labute approximate surface area is 145 Å². The normalized spacial score (nSPS) is 11.9. The Bertz CT molecular complexity index is 812. The van der Waals surface area contributed by atoms with E-state index < -0.39 is 5.97 Å². The first-order valence-corrected chi connectivity index (χ1v) is 7.81. The molecular weight excluding hydrogens is 324 g/mol. The molecule has 6 heteroatoms. The number of aryl methyl sites for hydroxylation is 2. The van der Waals surface area contributed by atoms with Gasteiger partial charge >= 0.3 is 5.97 Å². The predicted octanol–water partition coefficient (Wildman–Crippen LogP) is 2.84. The van der Waals surface area contributed by atoms with E-state index in [-0.39, 0.29) is 25.8 Å². The lowest BCUT2D eigenvalue weighted by atomic mass is 10.1. The number of esters is 1. The molecule has 1 aliphatic heterocycles. The Kier molecular flexibility index (Phi) is 4.88. The molecule has 130 valence electrons. The van der Waals surface area contributed by atoms with Crippen LogP contribution in [0.5, 0.6) is 17.2 Å². The maximum Gasteiger partial charge on any atom is 0.344 e. The van der Waals surface area contributed by atoms with Crippen molar-refractivity contribution in [1.29, 1.82) is 0 Å². The van der Waals surface area contributed by atoms with Crippen molar-refractivity contribution < 1.29 is 28.5 Å². The molecule has 0 saturated carbocycles. The average molecular weight is 342 g/mol. The van der Waals surface area contributed by atoms with Crippen molar-refractivity contribution in [2.75, 3.05) is 20.0 Å². The van der Waals surface area contributed by atoms with Gasteiger partial charge in [0.25, 0.3) is 0 Å². The van der Waals surface area contributed by atoms with Gasteiger partial charge in [0.05, 0.1) is 0 Å². The Morgan fingerprint density at radius 2 is 1.76 bits per heavy atom. The summed E-state index contributed by atoms with van der Waals surface area (Å²) in [7, 11) is 0. The van der Waals surface area contributed by atoms with Crippen LogP contribution in [0.4, 0.5) is 0 Å². The highest BCUT2D eigenvalue weighted by atomic mass is 16.7. The lowest BCUT2D eigenvalue weighted by Gasteiger charge is -2.08. The molecule has 0 fully saturated rings. The van der Waals surface area contributed by atoms with Crippen molar-refractivity contribution in [3.8, 4) is 17.2 Å². The monoisotopic (exact) mass is 342 g/mol. The smallest absolute Gasteiger partial charge is 0.344 e. The summed E-state index contributed by atoms with van der Waals surface area (Å²) in [6.07, 6.45) is 0. The molecule has 0 saturated heterocycles. The lowest BCUT2D eigenvalue weighted by molar-refractivity contribution is -0.144. The molecule has 2 aromatic rings. The van der Waals surface area contributed by atoms with Gasteiger partial charge in [-0.05, 0) is 55.3 Å². The van der Waals surface area contributed by atoms with Crippen molar-refractivity contribution in [2.45, 2.75) is 13.8 Å². The molecule has 1 heterocycles. The Morgan fingerprint density at radius 3 is 2.56 bits per heavy atom. The molecule has 0 atom stereocenters. The summed E-state index contributed by atoms with van der Waals surface area (Å²) in [6.45, 7) is 3.49. The number of hydrogen-bond acceptors (Lipinski definition) is 6. The van der Waals surface area contributed by atoms with Crippen LogP contribution in [-0.2, 0) is 9.53 Å². The van der Waals surface area contributed by atoms with Gasteiger partial charge < -0.3 is 18.9 Å². The molecule has 2 aromatic carbocycles. The van der Waals surface area contributed by atoms with Crippen LogP contribution in [0.15, 0.2) is 36.4 Å². The third-order valence-electron chi connectivity index (χ3n) is 3.89. The van der Waals surface area contributed by atoms with E-state index in [9.17, 15) is 9.59 Å². The fourth-order valence-corrected chi connectivity index (χ4v) is 2.29. The van der Waals surface area contributed by atoms with Gasteiger partial charge in [-0.1, -0.05) is 6.07 Å². The Hall–Kier alpha value is -3.02. The second-order valence-corrected chi connectivity index (χ2v) is 5.69. The molecule has 0 aliphatic carbocycles. The molecule has 25 heavy (non-hydrogen) atoms. The quantitative estimate of drug-likeness (QED) is 0.594. The van der Waals surface area contributed by atoms with Crippen LogP contribution in [0.3, 0.4) is 0 Å². The maximum atomic E-state index is 12.1. The highest BCUT2D eigenvalue weighted by Crippen LogP contribution is 2.32. The highest BCUT2D eigenvalue weighted by molar-refractivity contribution is 5.98. The molecule has 1 aliphatic rings. The Morgan fingerprint density at radius 1 is 0.960 bits per heavy atom. The van der Waals surface area contributed by atoms with E-state index in [0.717, 1.165) is 11.1 Å². The fourth-order valence-electron chi connectivity index (χ4n) is 2.29. The van der Waals surface area contributed by atoms with Crippen LogP contribution in [0.1, 0.15) is 21.5 Å². The van der Waals surface area contributed by atoms with E-state index in [4.69, 9.17) is 18.9 Å². The largest absolute Gasteiger partial charge is 0.482 e. The van der Waals surface area contributed by atoms with Gasteiger partial charge in [0.15, 0.2) is 30.5 Å². The fraction of sp³-hybridized carbons (Fsp3) is 0.263. The van der Waals surface area contributed by atoms with E-state index in [1.807, 2.05) is 26.0 Å². The molecule has 0 spiro atoms. The summed E-state index contributed by atoms with van der Waals surface area (Å²) >= 11 is 0. The number of fused-ring (bicyclic) bond motifs is 1. The molecule has 0 N–H and O–H groups in total. The van der Waals surface area contributed by atoms with Gasteiger partial charge in [0.2, 0.25) is 6.79 Å². The van der Waals surface area contributed by atoms with Gasteiger partial charge in [0, 0.05) is 5.56 Å². The second kappa shape index (κ2) is 7.25. The van der Waals surface area contributed by atoms with Gasteiger partial charge in [-0.2, -0.15) is 0 Å². The molecule has 6 nitrogen and oxygen atoms in total. The number of ether oxygens (including phenoxy) is 4. The van der Waals surface area contributed by atoms with Crippen LogP contribution in [0.2, 0.25) is 0 Å². The minimum Gasteiger partial charge on any atom is -0.482 e. The van der Waals surface area contributed by atoms with Crippen LogP contribution < -0.4 is 14.2 Å². The van der Waals surface area contributed by atoms with Gasteiger partial charge in [-0.3, -0.25) is 4.79 Å². The number of ketones is 1. The van der Waals surface area contributed by atoms with Crippen molar-refractivity contribution in [3.63, 3.8) is 0 Å². The van der Waals surface area contributed by atoms with Gasteiger partial charge in [0.1, 0.15) is 5.75 Å². The van der Waals surface area contributed by atoms with Crippen molar-refractivity contribution in [1.82, 2.24) is 0 Å². The van der Waals surface area contributed by atoms with E-state index in [2.05, 4.69) is 0 Å². The molecule has 0 amide bonds. The average Bonchev–Trinajstić information content (AvgIpc) is 3.08. The summed E-state index contributed by atoms with van der Waals surface area (Å²) in [5.41, 5.74) is 2.61. The molecule has 0 aromatic heterocycles. The molecule has 3 rings (SSSR count). The minimum absolute atomic E-state index is 0.137. The maximum absolute atomic E-state index is 12.1. The zero-order chi connectivity index (χ0) is 17.8. The van der Waals surface area contributed by atoms with E-state index in [0.29, 0.717) is 22.8 Å². The summed E-state index contributed by atoms with van der Waals surface area (Å²) in [5.74, 6) is 0.762. The van der Waals surface area contributed by atoms with Gasteiger partial charge in [-0.25, -0.2) is 4.79 Å². The highest BCUT2D eigenvalue weighted by Gasteiger charge is 2.17. The van der Waals surface area contributed by atoms with E-state index in [1.54, 1.807) is 24.3 Å². The third kappa shape index (κ3) is 4.09. The van der Waals surface area contributed by atoms with Crippen LogP contribution >= 0.6 is 0 Å². The first-order valence-electron chi connectivity index (χ1n) is 7.81. The first-order chi connectivity index (χ1) is 12.0. The zero-order valence-electron chi connectivity index (χ0n) is 14.0. The summed E-state index contributed by atoms with van der Waals surface area (Å²) < 4.78 is 20.8. The predicted molar refractivity (Wildman–Crippen MR) is 89.3 cm³/mol. The van der Waals surface area contributed by atoms with Crippen LogP contribution in [0, 0.1) is 13.8 Å². The number of carbonyl (C=O) groups is 2. The summed E-state index contributed by atoms with van der Waals surface area (Å²) in [4.78, 5) is 23.8. The first kappa shape index (κ1) is 16.8. The van der Waals surface area contributed by atoms with Crippen molar-refractivity contribution in [2.24, 2.45) is 0 Å². The van der Waals surface area contributed by atoms with Crippen molar-refractivity contribution >= 4 is 11.8 Å². The number of rotatable bonds is 6. The van der Waals surface area contributed by atoms with Crippen molar-refractivity contribution in [3.05, 3.63) is 53.1 Å². The number of Topliss-reactive ketones (excluding diaryl/α,β-unsaturated/α-hetero) is 1. The topological polar surface area (TPSA) is 71.1 Å². The minimum atomic E-state index is -0.604. The number of carbonyl (C=O) groups excluding carboxylic acids is 2. The van der Waals surface area contributed by atoms with Crippen LogP contribution in [-0.4, -0.2) is 31.8 Å². The SMILES string of the molecule is Cc1ccc(OCC(=O)OCC(=O)c2ccc3c(c2)OCO3)cc1C. The van der Waals surface area contributed by atoms with Crippen LogP contribution in [0.25, 0.3) is 0 Å². The van der Waals surface area contributed by atoms with Gasteiger partial charge in [-0.15, -0.1) is 0 Å². The standard InChI is InChI=1S/C19H18O6/c1-12-3-5-15(7-13(12)2)22-10-19(21)23-9-16(20)14-4-6-17-18(8-14)25-11-24-17/h3-8H,9-11H2,1-2H3. The molecule has 0 unspecified atom stereocenters. The second-order valence-electron chi connectivity index (χ2n) is 5.69. The molecule has 0 radical (unpaired) electrons. The number of hydrogen-bond donors (Lipinski definition) is 0. The van der Waals surface area contributed by atoms with E-state index >= 15 is 0 Å². The summed E-state index contributed by atoms with van der Waals surface area (Å²) in [5, 5.41) is 0. The third-order valence-corrected chi connectivity index (χ3v) is 3.89. The molecular formula is C19H18O6. The zero-order valence-corrected chi connectivity index (χ0v) is 14.0. The van der Waals surface area contributed by atoms with E-state index in [1.165, 1.54) is 0 Å². The summed E-state index contributed by atoms with van der Waals surface area (Å²) in [6, 6.07) is 10.4. The number of benzene rings is 2. The molecule has 0 bridgehead atoms. The Balaban J connectivity index is 1.48. The lowest BCUT2D eigenvalue weighted by Crippen LogP contribution is -2.19.